The van der Waals surface area contributed by atoms with Gasteiger partial charge in [0.1, 0.15) is 17.0 Å². The third kappa shape index (κ3) is 3.28. The van der Waals surface area contributed by atoms with Crippen LogP contribution in [0.3, 0.4) is 0 Å². The van der Waals surface area contributed by atoms with Crippen LogP contribution in [0.2, 0.25) is 5.02 Å². The van der Waals surface area contributed by atoms with Gasteiger partial charge in [0.05, 0.1) is 31.0 Å². The van der Waals surface area contributed by atoms with E-state index in [1.165, 1.54) is 0 Å². The molecule has 0 spiro atoms. The molecule has 0 radical (unpaired) electrons. The fourth-order valence-corrected chi connectivity index (χ4v) is 3.88. The quantitative estimate of drug-likeness (QED) is 0.679. The first-order valence-corrected chi connectivity index (χ1v) is 9.47. The number of nitrogens with two attached hydrogens (primary N) is 1. The number of fused-ring (bicyclic) bond motifs is 1. The second-order valence-corrected chi connectivity index (χ2v) is 7.23. The molecule has 1 aliphatic rings. The number of halogens is 1. The molecule has 1 aliphatic heterocycles. The monoisotopic (exact) mass is 415 g/mol. The maximum absolute atomic E-state index is 6.67. The Balaban J connectivity index is 1.95. The minimum absolute atomic E-state index is 0.164. The van der Waals surface area contributed by atoms with Crippen LogP contribution in [0, 0.1) is 6.92 Å². The lowest BCUT2D eigenvalue weighted by atomic mass is 10.0. The van der Waals surface area contributed by atoms with Crippen molar-refractivity contribution in [2.24, 2.45) is 0 Å². The number of nitrogens with zero attached hydrogens (tertiary/aromatic N) is 4. The van der Waals surface area contributed by atoms with Gasteiger partial charge < -0.3 is 24.8 Å². The number of anilines is 2. The Hall–Kier alpha value is -2.84. The molecule has 0 aliphatic carbocycles. The average molecular weight is 416 g/mol. The summed E-state index contributed by atoms with van der Waals surface area (Å²) in [6.07, 6.45) is 1.86. The van der Waals surface area contributed by atoms with E-state index >= 15 is 0 Å². The maximum atomic E-state index is 6.67. The topological polar surface area (TPSA) is 95.6 Å². The molecular weight excluding hydrogens is 394 g/mol. The van der Waals surface area contributed by atoms with E-state index in [0.29, 0.717) is 27.7 Å². The molecule has 1 fully saturated rings. The van der Waals surface area contributed by atoms with E-state index in [0.717, 1.165) is 35.4 Å². The van der Waals surface area contributed by atoms with Gasteiger partial charge in [0.15, 0.2) is 5.82 Å². The summed E-state index contributed by atoms with van der Waals surface area (Å²) < 4.78 is 16.4. The van der Waals surface area contributed by atoms with E-state index in [4.69, 9.17) is 36.5 Å². The van der Waals surface area contributed by atoms with Gasteiger partial charge in [-0.2, -0.15) is 0 Å². The van der Waals surface area contributed by atoms with Crippen LogP contribution in [0.5, 0.6) is 11.5 Å². The summed E-state index contributed by atoms with van der Waals surface area (Å²) in [5, 5.41) is 1.29. The molecule has 0 saturated carbocycles. The molecule has 1 saturated heterocycles. The van der Waals surface area contributed by atoms with Crippen molar-refractivity contribution in [3.8, 4) is 22.8 Å². The fourth-order valence-electron chi connectivity index (χ4n) is 3.51. The average Bonchev–Trinajstić information content (AvgIpc) is 2.68. The van der Waals surface area contributed by atoms with E-state index in [1.54, 1.807) is 33.6 Å². The Kier molecular flexibility index (Phi) is 5.06. The number of hydrogen-bond acceptors (Lipinski definition) is 8. The summed E-state index contributed by atoms with van der Waals surface area (Å²) in [6.45, 7) is 3.38. The lowest BCUT2D eigenvalue weighted by Crippen LogP contribution is -2.52. The largest absolute Gasteiger partial charge is 0.496 e. The van der Waals surface area contributed by atoms with Crippen LogP contribution in [0.4, 0.5) is 11.8 Å². The van der Waals surface area contributed by atoms with Crippen LogP contribution in [-0.4, -0.2) is 55.5 Å². The third-order valence-electron chi connectivity index (χ3n) is 5.19. The van der Waals surface area contributed by atoms with Crippen molar-refractivity contribution in [2.45, 2.75) is 13.0 Å². The van der Waals surface area contributed by atoms with Gasteiger partial charge in [0, 0.05) is 49.0 Å². The molecule has 4 rings (SSSR count). The van der Waals surface area contributed by atoms with Crippen LogP contribution >= 0.6 is 11.6 Å². The number of pyridine rings is 1. The number of methoxy groups -OCH3 is 3. The first-order valence-electron chi connectivity index (χ1n) is 9.09. The summed E-state index contributed by atoms with van der Waals surface area (Å²) in [5.74, 6) is 2.11. The number of rotatable bonds is 5. The van der Waals surface area contributed by atoms with Crippen molar-refractivity contribution < 1.29 is 14.2 Å². The second-order valence-electron chi connectivity index (χ2n) is 6.85. The van der Waals surface area contributed by atoms with Gasteiger partial charge in [-0.25, -0.2) is 15.0 Å². The zero-order valence-electron chi connectivity index (χ0n) is 16.7. The number of benzene rings is 1. The molecule has 152 valence electrons. The van der Waals surface area contributed by atoms with Gasteiger partial charge in [-0.1, -0.05) is 11.6 Å². The van der Waals surface area contributed by atoms with Gasteiger partial charge in [-0.05, 0) is 13.0 Å². The molecule has 1 aromatic carbocycles. The van der Waals surface area contributed by atoms with Crippen molar-refractivity contribution in [1.29, 1.82) is 0 Å². The number of nitrogen functional groups attached to an aromatic ring is 1. The van der Waals surface area contributed by atoms with Crippen LogP contribution in [0.1, 0.15) is 5.56 Å². The third-order valence-corrected chi connectivity index (χ3v) is 5.56. The molecule has 2 aromatic heterocycles. The van der Waals surface area contributed by atoms with E-state index < -0.39 is 0 Å². The van der Waals surface area contributed by atoms with Crippen LogP contribution in [0.25, 0.3) is 22.2 Å². The minimum Gasteiger partial charge on any atom is -0.496 e. The lowest BCUT2D eigenvalue weighted by molar-refractivity contribution is 0.0785. The zero-order valence-corrected chi connectivity index (χ0v) is 17.4. The van der Waals surface area contributed by atoms with Crippen molar-refractivity contribution >= 4 is 34.3 Å². The zero-order chi connectivity index (χ0) is 20.7. The predicted molar refractivity (Wildman–Crippen MR) is 113 cm³/mol. The molecule has 0 atom stereocenters. The highest BCUT2D eigenvalue weighted by Crippen LogP contribution is 2.43. The van der Waals surface area contributed by atoms with Crippen LogP contribution in [0.15, 0.2) is 18.3 Å². The standard InChI is InChI=1S/C20H22ClN5O3/c1-10-14(28-3)6-15(29-4)17(21)16(10)13-5-11-7-23-20(22)25-18(11)19(24-13)26-8-12(9-26)27-2/h5-7,12H,8-9H2,1-4H3,(H2,22,23,25). The molecular formula is C20H22ClN5O3. The number of hydrogen-bond donors (Lipinski definition) is 1. The van der Waals surface area contributed by atoms with E-state index in [9.17, 15) is 0 Å². The molecule has 3 aromatic rings. The van der Waals surface area contributed by atoms with Gasteiger partial charge in [-0.15, -0.1) is 0 Å². The normalized spacial score (nSPS) is 14.2. The maximum Gasteiger partial charge on any atom is 0.220 e. The highest BCUT2D eigenvalue weighted by atomic mass is 35.5. The summed E-state index contributed by atoms with van der Waals surface area (Å²) in [4.78, 5) is 15.6. The summed E-state index contributed by atoms with van der Waals surface area (Å²) in [6, 6.07) is 3.67. The number of ether oxygens (including phenoxy) is 3. The SMILES string of the molecule is COc1cc(OC)c(Cl)c(-c2cc3cnc(N)nc3c(N3CC(OC)C3)n2)c1C. The predicted octanol–water partition coefficient (Wildman–Crippen LogP) is 3.09. The van der Waals surface area contributed by atoms with Crippen molar-refractivity contribution in [3.63, 3.8) is 0 Å². The molecule has 0 amide bonds. The molecule has 9 heteroatoms. The van der Waals surface area contributed by atoms with E-state index in [2.05, 4.69) is 14.9 Å². The molecule has 3 heterocycles. The van der Waals surface area contributed by atoms with Gasteiger partial charge in [-0.3, -0.25) is 0 Å². The molecule has 29 heavy (non-hydrogen) atoms. The van der Waals surface area contributed by atoms with Crippen molar-refractivity contribution in [1.82, 2.24) is 15.0 Å². The molecule has 0 bridgehead atoms. The Morgan fingerprint density at radius 2 is 1.83 bits per heavy atom. The van der Waals surface area contributed by atoms with Crippen molar-refractivity contribution in [2.75, 3.05) is 45.1 Å². The Morgan fingerprint density at radius 3 is 2.48 bits per heavy atom. The Bertz CT molecular complexity index is 1060. The molecule has 8 nitrogen and oxygen atoms in total. The van der Waals surface area contributed by atoms with Gasteiger partial charge in [0.2, 0.25) is 5.95 Å². The number of aromatic nitrogens is 3. The Morgan fingerprint density at radius 1 is 1.10 bits per heavy atom. The molecule has 0 unspecified atom stereocenters. The highest BCUT2D eigenvalue weighted by Gasteiger charge is 2.30. The first-order chi connectivity index (χ1) is 14.0. The van der Waals surface area contributed by atoms with Gasteiger partial charge in [0.25, 0.3) is 0 Å². The van der Waals surface area contributed by atoms with E-state index in [-0.39, 0.29) is 12.1 Å². The van der Waals surface area contributed by atoms with Crippen molar-refractivity contribution in [3.05, 3.63) is 28.9 Å². The van der Waals surface area contributed by atoms with E-state index in [1.807, 2.05) is 13.0 Å². The second kappa shape index (κ2) is 7.53. The summed E-state index contributed by atoms with van der Waals surface area (Å²) >= 11 is 6.67. The Labute approximate surface area is 173 Å². The summed E-state index contributed by atoms with van der Waals surface area (Å²) in [7, 11) is 4.89. The summed E-state index contributed by atoms with van der Waals surface area (Å²) in [5.41, 5.74) is 8.82. The van der Waals surface area contributed by atoms with Crippen LogP contribution in [-0.2, 0) is 4.74 Å². The van der Waals surface area contributed by atoms with Gasteiger partial charge >= 0.3 is 0 Å². The van der Waals surface area contributed by atoms with Crippen LogP contribution < -0.4 is 20.1 Å². The smallest absolute Gasteiger partial charge is 0.220 e. The molecule has 2 N–H and O–H groups in total. The fraction of sp³-hybridized carbons (Fsp3) is 0.350. The first kappa shape index (κ1) is 19.5. The highest BCUT2D eigenvalue weighted by molar-refractivity contribution is 6.35. The lowest BCUT2D eigenvalue weighted by Gasteiger charge is -2.39. The minimum atomic E-state index is 0.164.